The van der Waals surface area contributed by atoms with Gasteiger partial charge in [-0.05, 0) is 24.3 Å². The van der Waals surface area contributed by atoms with Crippen molar-refractivity contribution in [2.24, 2.45) is 0 Å². The predicted octanol–water partition coefficient (Wildman–Crippen LogP) is 4.12. The van der Waals surface area contributed by atoms with Crippen LogP contribution in [0, 0.1) is 0 Å². The lowest BCUT2D eigenvalue weighted by molar-refractivity contribution is 0.660. The summed E-state index contributed by atoms with van der Waals surface area (Å²) in [6, 6.07) is 13.0. The highest BCUT2D eigenvalue weighted by atomic mass is 16.3. The van der Waals surface area contributed by atoms with Crippen molar-refractivity contribution in [1.82, 2.24) is 0 Å². The maximum atomic E-state index is 12.9. The van der Waals surface area contributed by atoms with E-state index in [0.29, 0.717) is 35.0 Å². The van der Waals surface area contributed by atoms with Crippen molar-refractivity contribution in [2.45, 2.75) is 0 Å². The normalized spacial score (nSPS) is 10.7. The van der Waals surface area contributed by atoms with E-state index in [-0.39, 0.29) is 5.43 Å². The Morgan fingerprint density at radius 1 is 0.955 bits per heavy atom. The molecule has 0 unspecified atom stereocenters. The second-order valence-corrected chi connectivity index (χ2v) is 5.06. The molecule has 0 saturated carbocycles. The van der Waals surface area contributed by atoms with Gasteiger partial charge in [-0.15, -0.1) is 13.2 Å². The Bertz CT molecular complexity index is 898. The molecule has 3 rings (SSSR count). The first-order valence-corrected chi connectivity index (χ1v) is 7.17. The lowest BCUT2D eigenvalue weighted by Gasteiger charge is -2.22. The van der Waals surface area contributed by atoms with Crippen molar-refractivity contribution in [3.63, 3.8) is 0 Å². The minimum atomic E-state index is -0.00873. The van der Waals surface area contributed by atoms with E-state index in [4.69, 9.17) is 4.42 Å². The van der Waals surface area contributed by atoms with Gasteiger partial charge in [0.1, 0.15) is 11.2 Å². The van der Waals surface area contributed by atoms with Crippen molar-refractivity contribution >= 4 is 27.6 Å². The molecule has 0 fully saturated rings. The molecular formula is C19H17NO2. The van der Waals surface area contributed by atoms with E-state index in [9.17, 15) is 4.79 Å². The third-order valence-corrected chi connectivity index (χ3v) is 3.62. The van der Waals surface area contributed by atoms with Crippen LogP contribution in [0.3, 0.4) is 0 Å². The SMILES string of the molecule is C=CCN(CC=C)c1cccc2oc3ccccc3c(=O)c12. The van der Waals surface area contributed by atoms with Gasteiger partial charge in [0, 0.05) is 13.1 Å². The molecule has 3 heteroatoms. The molecular weight excluding hydrogens is 274 g/mol. The zero-order valence-electron chi connectivity index (χ0n) is 12.3. The second kappa shape index (κ2) is 5.90. The molecule has 0 aliphatic rings. The Morgan fingerprint density at radius 3 is 2.36 bits per heavy atom. The highest BCUT2D eigenvalue weighted by molar-refractivity contribution is 5.97. The summed E-state index contributed by atoms with van der Waals surface area (Å²) in [6.07, 6.45) is 3.62. The van der Waals surface area contributed by atoms with Crippen LogP contribution < -0.4 is 10.3 Å². The van der Waals surface area contributed by atoms with E-state index >= 15 is 0 Å². The van der Waals surface area contributed by atoms with Crippen LogP contribution in [0.1, 0.15) is 0 Å². The zero-order valence-corrected chi connectivity index (χ0v) is 12.3. The largest absolute Gasteiger partial charge is 0.456 e. The quantitative estimate of drug-likeness (QED) is 0.523. The Kier molecular flexibility index (Phi) is 3.79. The van der Waals surface area contributed by atoms with E-state index in [0.717, 1.165) is 5.69 Å². The van der Waals surface area contributed by atoms with Gasteiger partial charge in [0.15, 0.2) is 0 Å². The number of para-hydroxylation sites is 1. The molecule has 0 spiro atoms. The van der Waals surface area contributed by atoms with Crippen LogP contribution in [0.2, 0.25) is 0 Å². The molecule has 3 nitrogen and oxygen atoms in total. The molecule has 0 bridgehead atoms. The third kappa shape index (κ3) is 2.31. The molecule has 0 amide bonds. The van der Waals surface area contributed by atoms with Gasteiger partial charge in [-0.2, -0.15) is 0 Å². The van der Waals surface area contributed by atoms with Crippen molar-refractivity contribution < 1.29 is 4.42 Å². The van der Waals surface area contributed by atoms with Gasteiger partial charge in [0.05, 0.1) is 16.5 Å². The third-order valence-electron chi connectivity index (χ3n) is 3.62. The highest BCUT2D eigenvalue weighted by Crippen LogP contribution is 2.27. The van der Waals surface area contributed by atoms with Crippen LogP contribution in [-0.4, -0.2) is 13.1 Å². The van der Waals surface area contributed by atoms with Gasteiger partial charge in [-0.1, -0.05) is 30.4 Å². The summed E-state index contributed by atoms with van der Waals surface area (Å²) in [5.74, 6) is 0. The maximum absolute atomic E-state index is 12.9. The molecule has 3 aromatic rings. The molecule has 0 saturated heterocycles. The topological polar surface area (TPSA) is 33.5 Å². The predicted molar refractivity (Wildman–Crippen MR) is 92.6 cm³/mol. The lowest BCUT2D eigenvalue weighted by Crippen LogP contribution is -2.24. The van der Waals surface area contributed by atoms with Gasteiger partial charge in [0.2, 0.25) is 5.43 Å². The number of anilines is 1. The summed E-state index contributed by atoms with van der Waals surface area (Å²) in [5.41, 5.74) is 2.04. The highest BCUT2D eigenvalue weighted by Gasteiger charge is 2.14. The van der Waals surface area contributed by atoms with Crippen LogP contribution in [0.25, 0.3) is 21.9 Å². The number of nitrogens with zero attached hydrogens (tertiary/aromatic N) is 1. The van der Waals surface area contributed by atoms with Crippen molar-refractivity contribution in [1.29, 1.82) is 0 Å². The lowest BCUT2D eigenvalue weighted by atomic mass is 10.1. The zero-order chi connectivity index (χ0) is 15.5. The molecule has 1 aromatic heterocycles. The molecule has 2 aromatic carbocycles. The number of fused-ring (bicyclic) bond motifs is 2. The van der Waals surface area contributed by atoms with Gasteiger partial charge in [-0.3, -0.25) is 4.79 Å². The molecule has 22 heavy (non-hydrogen) atoms. The average molecular weight is 291 g/mol. The van der Waals surface area contributed by atoms with Gasteiger partial charge < -0.3 is 9.32 Å². The van der Waals surface area contributed by atoms with Crippen LogP contribution >= 0.6 is 0 Å². The Labute approximate surface area is 128 Å². The summed E-state index contributed by atoms with van der Waals surface area (Å²) >= 11 is 0. The minimum Gasteiger partial charge on any atom is -0.456 e. The molecule has 0 N–H and O–H groups in total. The summed E-state index contributed by atoms with van der Waals surface area (Å²) in [6.45, 7) is 8.84. The number of hydrogen-bond donors (Lipinski definition) is 0. The number of benzene rings is 2. The van der Waals surface area contributed by atoms with E-state index in [1.807, 2.05) is 53.5 Å². The van der Waals surface area contributed by atoms with Crippen LogP contribution in [-0.2, 0) is 0 Å². The first kappa shape index (κ1) is 14.1. The first-order valence-electron chi connectivity index (χ1n) is 7.17. The Balaban J connectivity index is 2.36. The van der Waals surface area contributed by atoms with Crippen molar-refractivity contribution in [3.8, 4) is 0 Å². The Hall–Kier alpha value is -2.81. The van der Waals surface area contributed by atoms with E-state index in [1.54, 1.807) is 6.07 Å². The fourth-order valence-electron chi connectivity index (χ4n) is 2.68. The first-order chi connectivity index (χ1) is 10.8. The smallest absolute Gasteiger partial charge is 0.202 e. The van der Waals surface area contributed by atoms with Gasteiger partial charge in [-0.25, -0.2) is 0 Å². The van der Waals surface area contributed by atoms with Gasteiger partial charge >= 0.3 is 0 Å². The summed E-state index contributed by atoms with van der Waals surface area (Å²) in [5, 5.41) is 1.20. The molecule has 0 aliphatic heterocycles. The number of rotatable bonds is 5. The van der Waals surface area contributed by atoms with Crippen LogP contribution in [0.15, 0.2) is 77.0 Å². The van der Waals surface area contributed by atoms with Crippen molar-refractivity contribution in [2.75, 3.05) is 18.0 Å². The Morgan fingerprint density at radius 2 is 1.64 bits per heavy atom. The number of hydrogen-bond acceptors (Lipinski definition) is 3. The standard InChI is InChI=1S/C19H17NO2/c1-3-12-20(13-4-2)15-9-7-11-17-18(15)19(21)14-8-5-6-10-16(14)22-17/h3-11H,1-2,12-13H2. The van der Waals surface area contributed by atoms with E-state index in [2.05, 4.69) is 13.2 Å². The molecule has 1 heterocycles. The molecule has 0 radical (unpaired) electrons. The summed E-state index contributed by atoms with van der Waals surface area (Å²) in [4.78, 5) is 14.9. The van der Waals surface area contributed by atoms with Gasteiger partial charge in [0.25, 0.3) is 0 Å². The van der Waals surface area contributed by atoms with Crippen molar-refractivity contribution in [3.05, 3.63) is 78.0 Å². The van der Waals surface area contributed by atoms with E-state index < -0.39 is 0 Å². The fourth-order valence-corrected chi connectivity index (χ4v) is 2.68. The van der Waals surface area contributed by atoms with E-state index in [1.165, 1.54) is 0 Å². The molecule has 0 atom stereocenters. The second-order valence-electron chi connectivity index (χ2n) is 5.06. The van der Waals surface area contributed by atoms with Crippen LogP contribution in [0.4, 0.5) is 5.69 Å². The minimum absolute atomic E-state index is 0.00873. The summed E-state index contributed by atoms with van der Waals surface area (Å²) < 4.78 is 5.90. The maximum Gasteiger partial charge on any atom is 0.202 e. The molecule has 110 valence electrons. The van der Waals surface area contributed by atoms with Crippen LogP contribution in [0.5, 0.6) is 0 Å². The molecule has 0 aliphatic carbocycles. The monoisotopic (exact) mass is 291 g/mol. The fraction of sp³-hybridized carbons (Fsp3) is 0.105. The average Bonchev–Trinajstić information content (AvgIpc) is 2.54. The summed E-state index contributed by atoms with van der Waals surface area (Å²) in [7, 11) is 0.